The van der Waals surface area contributed by atoms with E-state index in [4.69, 9.17) is 0 Å². The van der Waals surface area contributed by atoms with E-state index >= 15 is 0 Å². The molecule has 0 fully saturated rings. The first-order chi connectivity index (χ1) is 14.1. The number of rotatable bonds is 20. The summed E-state index contributed by atoms with van der Waals surface area (Å²) in [4.78, 5) is 0. The molecule has 0 aliphatic carbocycles. The molecule has 0 atom stereocenters. The van der Waals surface area contributed by atoms with Crippen LogP contribution in [0.4, 0.5) is 0 Å². The Hall–Kier alpha value is 0.700. The summed E-state index contributed by atoms with van der Waals surface area (Å²) < 4.78 is 10.8. The van der Waals surface area contributed by atoms with E-state index in [9.17, 15) is 0 Å². The maximum Gasteiger partial charge on any atom is 0.0394 e. The van der Waals surface area contributed by atoms with Crippen LogP contribution in [0.25, 0.3) is 0 Å². The van der Waals surface area contributed by atoms with Gasteiger partial charge in [-0.3, -0.25) is 18.7 Å². The van der Waals surface area contributed by atoms with Gasteiger partial charge in [-0.2, -0.15) is 0 Å². The van der Waals surface area contributed by atoms with Crippen LogP contribution in [0, 0.1) is 0 Å². The zero-order valence-electron chi connectivity index (χ0n) is 21.3. The van der Waals surface area contributed by atoms with E-state index in [1.165, 1.54) is 96.8 Å². The highest BCUT2D eigenvalue weighted by atomic mass is 31.1. The van der Waals surface area contributed by atoms with Crippen molar-refractivity contribution in [1.82, 2.24) is 18.7 Å². The number of nitrogens with zero attached hydrogens (tertiary/aromatic N) is 4. The summed E-state index contributed by atoms with van der Waals surface area (Å²) in [6, 6.07) is 0. The summed E-state index contributed by atoms with van der Waals surface area (Å²) in [6.45, 7) is 28.2. The van der Waals surface area contributed by atoms with Gasteiger partial charge in [-0.05, 0) is 25.2 Å². The van der Waals surface area contributed by atoms with Gasteiger partial charge in [-0.15, -0.1) is 0 Å². The van der Waals surface area contributed by atoms with E-state index < -0.39 is 0 Å². The Morgan fingerprint density at radius 3 is 0.759 bits per heavy atom. The number of unbranched alkanes of at least 4 members (excludes halogenated alkanes) is 4. The lowest BCUT2D eigenvalue weighted by atomic mass is 10.2. The highest BCUT2D eigenvalue weighted by Gasteiger charge is 2.22. The predicted octanol–water partition coefficient (Wildman–Crippen LogP) is 6.93. The molecule has 0 rings (SSSR count). The standard InChI is InChI=1S/C23H54N4P2/c1-9-24(10-2)28(25(11-3)12-4)22-20-18-17-19-21-23-29(26(13-5)14-6)27(15-7)16-8/h9-23H2,1-8H3. The van der Waals surface area contributed by atoms with Crippen LogP contribution < -0.4 is 0 Å². The van der Waals surface area contributed by atoms with Gasteiger partial charge in [0.25, 0.3) is 0 Å². The normalized spacial score (nSPS) is 12.6. The number of hydrogen-bond acceptors (Lipinski definition) is 4. The van der Waals surface area contributed by atoms with E-state index in [0.29, 0.717) is 0 Å². The Morgan fingerprint density at radius 1 is 0.345 bits per heavy atom. The fourth-order valence-corrected chi connectivity index (χ4v) is 9.63. The van der Waals surface area contributed by atoms with Crippen molar-refractivity contribution in [3.05, 3.63) is 0 Å². The third-order valence-electron chi connectivity index (χ3n) is 5.94. The van der Waals surface area contributed by atoms with Crippen molar-refractivity contribution >= 4 is 16.4 Å². The molecule has 0 saturated heterocycles. The fraction of sp³-hybridized carbons (Fsp3) is 1.00. The van der Waals surface area contributed by atoms with Crippen LogP contribution in [0.2, 0.25) is 0 Å². The van der Waals surface area contributed by atoms with Gasteiger partial charge in [0.15, 0.2) is 0 Å². The summed E-state index contributed by atoms with van der Waals surface area (Å²) in [5, 5.41) is 0. The van der Waals surface area contributed by atoms with Crippen molar-refractivity contribution in [2.75, 3.05) is 64.7 Å². The van der Waals surface area contributed by atoms with Crippen molar-refractivity contribution in [3.63, 3.8) is 0 Å². The van der Waals surface area contributed by atoms with Gasteiger partial charge >= 0.3 is 0 Å². The molecule has 0 aromatic heterocycles. The smallest absolute Gasteiger partial charge is 0.0394 e. The van der Waals surface area contributed by atoms with Crippen molar-refractivity contribution in [1.29, 1.82) is 0 Å². The first kappa shape index (κ1) is 29.7. The zero-order valence-corrected chi connectivity index (χ0v) is 23.1. The van der Waals surface area contributed by atoms with Gasteiger partial charge in [0, 0.05) is 68.8 Å². The van der Waals surface area contributed by atoms with Gasteiger partial charge in [-0.1, -0.05) is 74.7 Å². The van der Waals surface area contributed by atoms with Crippen molar-refractivity contribution < 1.29 is 0 Å². The highest BCUT2D eigenvalue weighted by Crippen LogP contribution is 2.45. The van der Waals surface area contributed by atoms with Crippen LogP contribution in [0.3, 0.4) is 0 Å². The van der Waals surface area contributed by atoms with Crippen LogP contribution >= 0.6 is 16.4 Å². The van der Waals surface area contributed by atoms with Crippen LogP contribution in [0.5, 0.6) is 0 Å². The molecule has 0 heterocycles. The van der Waals surface area contributed by atoms with Gasteiger partial charge in [0.05, 0.1) is 0 Å². The third-order valence-corrected chi connectivity index (χ3v) is 12.2. The summed E-state index contributed by atoms with van der Waals surface area (Å²) in [6.07, 6.45) is 9.83. The molecule has 6 heteroatoms. The fourth-order valence-electron chi connectivity index (χ4n) is 4.16. The average molecular weight is 449 g/mol. The topological polar surface area (TPSA) is 13.0 Å². The Morgan fingerprint density at radius 2 is 0.552 bits per heavy atom. The molecule has 0 aliphatic heterocycles. The second-order valence-corrected chi connectivity index (χ2v) is 12.2. The molecule has 29 heavy (non-hydrogen) atoms. The van der Waals surface area contributed by atoms with Crippen LogP contribution in [0.15, 0.2) is 0 Å². The molecule has 0 amide bonds. The second kappa shape index (κ2) is 19.4. The van der Waals surface area contributed by atoms with Crippen molar-refractivity contribution in [2.24, 2.45) is 0 Å². The first-order valence-corrected chi connectivity index (χ1v) is 15.5. The van der Waals surface area contributed by atoms with Gasteiger partial charge in [-0.25, -0.2) is 0 Å². The molecule has 0 spiro atoms. The largest absolute Gasteiger partial charge is 0.270 e. The Balaban J connectivity index is 4.37. The molecule has 0 radical (unpaired) electrons. The van der Waals surface area contributed by atoms with E-state index in [-0.39, 0.29) is 16.4 Å². The quantitative estimate of drug-likeness (QED) is 0.148. The molecule has 0 N–H and O–H groups in total. The molecular weight excluding hydrogens is 394 g/mol. The van der Waals surface area contributed by atoms with Gasteiger partial charge in [0.2, 0.25) is 0 Å². The lowest BCUT2D eigenvalue weighted by Gasteiger charge is -2.38. The number of hydrogen-bond donors (Lipinski definition) is 0. The third kappa shape index (κ3) is 11.2. The predicted molar refractivity (Wildman–Crippen MR) is 138 cm³/mol. The SMILES string of the molecule is CCN(CC)P(CCCCCCCP(N(CC)CC)N(CC)CC)N(CC)CC. The molecule has 0 bridgehead atoms. The Kier molecular flexibility index (Phi) is 19.9. The van der Waals surface area contributed by atoms with E-state index in [1.54, 1.807) is 0 Å². The van der Waals surface area contributed by atoms with E-state index in [2.05, 4.69) is 74.1 Å². The minimum absolute atomic E-state index is 0.0926. The van der Waals surface area contributed by atoms with Gasteiger partial charge < -0.3 is 0 Å². The maximum atomic E-state index is 2.71. The summed E-state index contributed by atoms with van der Waals surface area (Å²) in [7, 11) is -0.185. The molecule has 0 aromatic rings. The summed E-state index contributed by atoms with van der Waals surface area (Å²) >= 11 is 0. The minimum atomic E-state index is -0.0926. The highest BCUT2D eigenvalue weighted by molar-refractivity contribution is 7.52. The van der Waals surface area contributed by atoms with Crippen LogP contribution in [-0.2, 0) is 0 Å². The van der Waals surface area contributed by atoms with E-state index in [0.717, 1.165) is 0 Å². The van der Waals surface area contributed by atoms with Crippen LogP contribution in [-0.4, -0.2) is 83.4 Å². The molecule has 4 nitrogen and oxygen atoms in total. The molecule has 0 aliphatic rings. The molecule has 0 aromatic carbocycles. The average Bonchev–Trinajstić information content (AvgIpc) is 2.75. The van der Waals surface area contributed by atoms with Gasteiger partial charge in [0.1, 0.15) is 0 Å². The zero-order chi connectivity index (χ0) is 22.1. The van der Waals surface area contributed by atoms with Crippen molar-refractivity contribution in [3.8, 4) is 0 Å². The molecule has 0 unspecified atom stereocenters. The maximum absolute atomic E-state index is 2.71. The Bertz CT molecular complexity index is 288. The molecule has 0 saturated carbocycles. The second-order valence-electron chi connectivity index (χ2n) is 7.52. The lowest BCUT2D eigenvalue weighted by molar-refractivity contribution is 0.419. The monoisotopic (exact) mass is 448 g/mol. The lowest BCUT2D eigenvalue weighted by Crippen LogP contribution is -2.30. The minimum Gasteiger partial charge on any atom is -0.270 e. The molecule has 176 valence electrons. The Labute approximate surface area is 187 Å². The summed E-state index contributed by atoms with van der Waals surface area (Å²) in [5.41, 5.74) is 0. The van der Waals surface area contributed by atoms with Crippen LogP contribution in [0.1, 0.15) is 87.5 Å². The first-order valence-electron chi connectivity index (χ1n) is 12.6. The van der Waals surface area contributed by atoms with Crippen molar-refractivity contribution in [2.45, 2.75) is 87.5 Å². The summed E-state index contributed by atoms with van der Waals surface area (Å²) in [5.74, 6) is 0. The van der Waals surface area contributed by atoms with E-state index in [1.807, 2.05) is 0 Å². The molecular formula is C23H54N4P2.